The van der Waals surface area contributed by atoms with Crippen molar-refractivity contribution in [3.8, 4) is 0 Å². The Morgan fingerprint density at radius 2 is 1.84 bits per heavy atom. The largest absolute Gasteiger partial charge is 0.342 e. The van der Waals surface area contributed by atoms with Crippen molar-refractivity contribution >= 4 is 24.2 Å². The minimum atomic E-state index is -0.699. The average molecular weight is 290 g/mol. The summed E-state index contributed by atoms with van der Waals surface area (Å²) in [6, 6.07) is 0. The van der Waals surface area contributed by atoms with Crippen LogP contribution in [-0.4, -0.2) is 60.4 Å². The Balaban J connectivity index is 0.00000180. The number of carbonyl (C=O) groups excluding carboxylic acids is 2. The van der Waals surface area contributed by atoms with Gasteiger partial charge in [-0.15, -0.1) is 12.4 Å². The van der Waals surface area contributed by atoms with Gasteiger partial charge in [0.05, 0.1) is 0 Å². The summed E-state index contributed by atoms with van der Waals surface area (Å²) in [6.45, 7) is 6.79. The highest BCUT2D eigenvalue weighted by molar-refractivity contribution is 5.92. The molecule has 5 nitrogen and oxygen atoms in total. The number of rotatable bonds is 1. The number of amides is 2. The number of hydrogen-bond acceptors (Lipinski definition) is 3. The molecule has 2 heterocycles. The van der Waals surface area contributed by atoms with E-state index < -0.39 is 5.54 Å². The first-order valence-corrected chi connectivity index (χ1v) is 6.72. The van der Waals surface area contributed by atoms with Gasteiger partial charge in [0.1, 0.15) is 5.54 Å². The van der Waals surface area contributed by atoms with Gasteiger partial charge in [-0.05, 0) is 39.8 Å². The molecule has 1 N–H and O–H groups in total. The van der Waals surface area contributed by atoms with Crippen molar-refractivity contribution < 1.29 is 9.59 Å². The second-order valence-electron chi connectivity index (χ2n) is 5.80. The number of halogens is 1. The minimum Gasteiger partial charge on any atom is -0.342 e. The molecule has 0 spiro atoms. The van der Waals surface area contributed by atoms with E-state index in [0.29, 0.717) is 13.1 Å². The van der Waals surface area contributed by atoms with Gasteiger partial charge in [-0.25, -0.2) is 0 Å². The molecular weight excluding hydrogens is 266 g/mol. The van der Waals surface area contributed by atoms with Crippen molar-refractivity contribution in [2.75, 3.05) is 33.2 Å². The second kappa shape index (κ2) is 6.09. The number of piperazine rings is 1. The zero-order valence-corrected chi connectivity index (χ0v) is 12.8. The summed E-state index contributed by atoms with van der Waals surface area (Å²) in [5.74, 6) is 0.278. The molecule has 0 aliphatic carbocycles. The molecule has 0 radical (unpaired) electrons. The molecule has 0 bridgehead atoms. The first-order valence-electron chi connectivity index (χ1n) is 6.72. The van der Waals surface area contributed by atoms with Crippen LogP contribution in [0.5, 0.6) is 0 Å². The van der Waals surface area contributed by atoms with Crippen LogP contribution >= 0.6 is 12.4 Å². The lowest BCUT2D eigenvalue weighted by molar-refractivity contribution is -0.159. The van der Waals surface area contributed by atoms with E-state index in [0.717, 1.165) is 25.9 Å². The van der Waals surface area contributed by atoms with Crippen molar-refractivity contribution in [3.05, 3.63) is 0 Å². The average Bonchev–Trinajstić information content (AvgIpc) is 2.36. The molecule has 6 heteroatoms. The van der Waals surface area contributed by atoms with Gasteiger partial charge in [0.2, 0.25) is 11.8 Å². The highest BCUT2D eigenvalue weighted by Crippen LogP contribution is 2.26. The SMILES string of the molecule is CN1CCN(C(=O)C2CCNCC2)C(C)(C)C1=O.Cl. The van der Waals surface area contributed by atoms with E-state index in [1.165, 1.54) is 0 Å². The minimum absolute atomic E-state index is 0. The predicted octanol–water partition coefficient (Wildman–Crippen LogP) is 0.487. The summed E-state index contributed by atoms with van der Waals surface area (Å²) in [5.41, 5.74) is -0.699. The zero-order chi connectivity index (χ0) is 13.3. The maximum absolute atomic E-state index is 12.5. The Morgan fingerprint density at radius 3 is 2.42 bits per heavy atom. The van der Waals surface area contributed by atoms with Gasteiger partial charge < -0.3 is 15.1 Å². The summed E-state index contributed by atoms with van der Waals surface area (Å²) in [5, 5.41) is 3.26. The van der Waals surface area contributed by atoms with Crippen molar-refractivity contribution in [2.24, 2.45) is 5.92 Å². The molecule has 2 aliphatic rings. The predicted molar refractivity (Wildman–Crippen MR) is 76.3 cm³/mol. The van der Waals surface area contributed by atoms with E-state index in [2.05, 4.69) is 5.32 Å². The van der Waals surface area contributed by atoms with Crippen LogP contribution in [0.2, 0.25) is 0 Å². The molecule has 19 heavy (non-hydrogen) atoms. The fraction of sp³-hybridized carbons (Fsp3) is 0.846. The van der Waals surface area contributed by atoms with Crippen LogP contribution in [0.15, 0.2) is 0 Å². The summed E-state index contributed by atoms with van der Waals surface area (Å²) >= 11 is 0. The van der Waals surface area contributed by atoms with Crippen LogP contribution in [0.4, 0.5) is 0 Å². The number of likely N-dealkylation sites (N-methyl/N-ethyl adjacent to an activating group) is 1. The number of carbonyl (C=O) groups is 2. The van der Waals surface area contributed by atoms with Crippen molar-refractivity contribution in [1.29, 1.82) is 0 Å². The molecule has 0 aromatic carbocycles. The van der Waals surface area contributed by atoms with Crippen molar-refractivity contribution in [3.63, 3.8) is 0 Å². The summed E-state index contributed by atoms with van der Waals surface area (Å²) in [6.07, 6.45) is 1.77. The molecular formula is C13H24ClN3O2. The monoisotopic (exact) mass is 289 g/mol. The fourth-order valence-electron chi connectivity index (χ4n) is 2.89. The molecule has 2 fully saturated rings. The molecule has 2 aliphatic heterocycles. The van der Waals surface area contributed by atoms with Gasteiger partial charge in [0.25, 0.3) is 0 Å². The van der Waals surface area contributed by atoms with Crippen LogP contribution in [0, 0.1) is 5.92 Å². The zero-order valence-electron chi connectivity index (χ0n) is 11.9. The van der Waals surface area contributed by atoms with E-state index >= 15 is 0 Å². The fourth-order valence-corrected chi connectivity index (χ4v) is 2.89. The lowest BCUT2D eigenvalue weighted by Gasteiger charge is -2.46. The Labute approximate surface area is 121 Å². The van der Waals surface area contributed by atoms with Crippen LogP contribution in [-0.2, 0) is 9.59 Å². The van der Waals surface area contributed by atoms with Gasteiger partial charge in [-0.1, -0.05) is 0 Å². The Kier molecular flexibility index (Phi) is 5.21. The van der Waals surface area contributed by atoms with E-state index in [4.69, 9.17) is 0 Å². The molecule has 0 aromatic rings. The lowest BCUT2D eigenvalue weighted by atomic mass is 9.91. The third-order valence-corrected chi connectivity index (χ3v) is 4.16. The van der Waals surface area contributed by atoms with Gasteiger partial charge in [-0.2, -0.15) is 0 Å². The first kappa shape index (κ1) is 16.2. The van der Waals surface area contributed by atoms with Crippen LogP contribution in [0.25, 0.3) is 0 Å². The van der Waals surface area contributed by atoms with Gasteiger partial charge in [0, 0.05) is 26.1 Å². The quantitative estimate of drug-likeness (QED) is 0.764. The molecule has 0 saturated carbocycles. The maximum atomic E-state index is 12.5. The summed E-state index contributed by atoms with van der Waals surface area (Å²) < 4.78 is 0. The Bertz CT molecular complexity index is 354. The Morgan fingerprint density at radius 1 is 1.26 bits per heavy atom. The summed E-state index contributed by atoms with van der Waals surface area (Å²) in [4.78, 5) is 28.2. The molecule has 110 valence electrons. The molecule has 0 atom stereocenters. The topological polar surface area (TPSA) is 52.6 Å². The van der Waals surface area contributed by atoms with Crippen LogP contribution < -0.4 is 5.32 Å². The van der Waals surface area contributed by atoms with Crippen molar-refractivity contribution in [1.82, 2.24) is 15.1 Å². The first-order chi connectivity index (χ1) is 8.44. The second-order valence-corrected chi connectivity index (χ2v) is 5.80. The third kappa shape index (κ3) is 3.03. The van der Waals surface area contributed by atoms with E-state index in [1.54, 1.807) is 16.8 Å². The Hall–Kier alpha value is -0.810. The highest BCUT2D eigenvalue weighted by Gasteiger charge is 2.44. The smallest absolute Gasteiger partial charge is 0.247 e. The van der Waals surface area contributed by atoms with Gasteiger partial charge in [0.15, 0.2) is 0 Å². The number of hydrogen-bond donors (Lipinski definition) is 1. The maximum Gasteiger partial charge on any atom is 0.247 e. The molecule has 2 rings (SSSR count). The van der Waals surface area contributed by atoms with E-state index in [9.17, 15) is 9.59 Å². The molecule has 0 unspecified atom stereocenters. The molecule has 0 aromatic heterocycles. The van der Waals surface area contributed by atoms with E-state index in [1.807, 2.05) is 13.8 Å². The lowest BCUT2D eigenvalue weighted by Crippen LogP contribution is -2.64. The van der Waals surface area contributed by atoms with Crippen LogP contribution in [0.3, 0.4) is 0 Å². The number of nitrogens with zero attached hydrogens (tertiary/aromatic N) is 2. The highest BCUT2D eigenvalue weighted by atomic mass is 35.5. The normalized spacial score (nSPS) is 24.1. The molecule has 2 saturated heterocycles. The number of nitrogens with one attached hydrogen (secondary N) is 1. The number of piperidine rings is 1. The van der Waals surface area contributed by atoms with E-state index in [-0.39, 0.29) is 30.1 Å². The third-order valence-electron chi connectivity index (χ3n) is 4.16. The summed E-state index contributed by atoms with van der Waals surface area (Å²) in [7, 11) is 1.80. The van der Waals surface area contributed by atoms with Gasteiger partial charge in [-0.3, -0.25) is 9.59 Å². The van der Waals surface area contributed by atoms with Crippen LogP contribution in [0.1, 0.15) is 26.7 Å². The molecule has 2 amide bonds. The van der Waals surface area contributed by atoms with Gasteiger partial charge >= 0.3 is 0 Å². The standard InChI is InChI=1S/C13H23N3O2.ClH/c1-13(2)12(18)15(3)8-9-16(13)11(17)10-4-6-14-7-5-10;/h10,14H,4-9H2,1-3H3;1H. The van der Waals surface area contributed by atoms with Crippen molar-refractivity contribution in [2.45, 2.75) is 32.2 Å².